The van der Waals surface area contributed by atoms with Gasteiger partial charge in [0.2, 0.25) is 0 Å². The zero-order valence-corrected chi connectivity index (χ0v) is 14.0. The highest BCUT2D eigenvalue weighted by Crippen LogP contribution is 2.38. The molecule has 3 heterocycles. The minimum atomic E-state index is -0.137. The van der Waals surface area contributed by atoms with Gasteiger partial charge in [-0.1, -0.05) is 6.08 Å². The van der Waals surface area contributed by atoms with Crippen molar-refractivity contribution in [2.75, 3.05) is 19.6 Å². The van der Waals surface area contributed by atoms with Crippen molar-refractivity contribution in [2.24, 2.45) is 5.92 Å². The van der Waals surface area contributed by atoms with E-state index < -0.39 is 0 Å². The number of phenolic OH excluding ortho intramolecular Hbond substituents is 1. The van der Waals surface area contributed by atoms with Gasteiger partial charge in [0, 0.05) is 6.54 Å². The Kier molecular flexibility index (Phi) is 4.20. The van der Waals surface area contributed by atoms with Gasteiger partial charge < -0.3 is 20.7 Å². The molecule has 6 nitrogen and oxygen atoms in total. The van der Waals surface area contributed by atoms with Crippen LogP contribution in [0.4, 0.5) is 0 Å². The van der Waals surface area contributed by atoms with Gasteiger partial charge in [0.25, 0.3) is 5.91 Å². The third-order valence-corrected chi connectivity index (χ3v) is 5.69. The van der Waals surface area contributed by atoms with Gasteiger partial charge in [0.1, 0.15) is 22.6 Å². The maximum atomic E-state index is 12.6. The monoisotopic (exact) mass is 344 g/mol. The standard InChI is InChI=1S/C17H20N4O2S/c22-12-4-3-11(17(23)19-9-10-5-6-18-8-10)14-15(12)21-16(20-14)13-2-1-7-24-13/h1,3-4,7,10,13,18,22H,2,5-6,8-9H2,(H,19,23)(H,20,21). The minimum Gasteiger partial charge on any atom is -0.506 e. The zero-order chi connectivity index (χ0) is 16.5. The number of nitrogens with zero attached hydrogens (tertiary/aromatic N) is 1. The lowest BCUT2D eigenvalue weighted by Gasteiger charge is -2.10. The molecule has 0 radical (unpaired) electrons. The highest BCUT2D eigenvalue weighted by molar-refractivity contribution is 8.02. The lowest BCUT2D eigenvalue weighted by Crippen LogP contribution is -2.30. The Morgan fingerprint density at radius 3 is 3.12 bits per heavy atom. The van der Waals surface area contributed by atoms with E-state index in [-0.39, 0.29) is 16.9 Å². The number of H-pyrrole nitrogens is 1. The highest BCUT2D eigenvalue weighted by atomic mass is 32.2. The van der Waals surface area contributed by atoms with Gasteiger partial charge >= 0.3 is 0 Å². The molecule has 0 spiro atoms. The van der Waals surface area contributed by atoms with Crippen LogP contribution in [0.1, 0.15) is 34.3 Å². The minimum absolute atomic E-state index is 0.122. The molecule has 2 aliphatic heterocycles. The van der Waals surface area contributed by atoms with Crippen LogP contribution < -0.4 is 10.6 Å². The number of carbonyl (C=O) groups is 1. The summed E-state index contributed by atoms with van der Waals surface area (Å²) in [5, 5.41) is 18.7. The highest BCUT2D eigenvalue weighted by Gasteiger charge is 2.22. The van der Waals surface area contributed by atoms with Crippen molar-refractivity contribution >= 4 is 28.7 Å². The Morgan fingerprint density at radius 1 is 1.46 bits per heavy atom. The number of thioether (sulfide) groups is 1. The van der Waals surface area contributed by atoms with Crippen molar-refractivity contribution in [1.82, 2.24) is 20.6 Å². The molecular weight excluding hydrogens is 324 g/mol. The third kappa shape index (κ3) is 2.89. The second kappa shape index (κ2) is 6.49. The molecule has 2 aliphatic rings. The summed E-state index contributed by atoms with van der Waals surface area (Å²) in [4.78, 5) is 20.4. The second-order valence-corrected chi connectivity index (χ2v) is 7.39. The molecule has 0 aliphatic carbocycles. The first-order valence-electron chi connectivity index (χ1n) is 8.23. The first kappa shape index (κ1) is 15.5. The molecule has 1 aromatic carbocycles. The van der Waals surface area contributed by atoms with Crippen LogP contribution >= 0.6 is 11.8 Å². The summed E-state index contributed by atoms with van der Waals surface area (Å²) in [6, 6.07) is 3.20. The summed E-state index contributed by atoms with van der Waals surface area (Å²) in [7, 11) is 0. The fourth-order valence-electron chi connectivity index (χ4n) is 3.21. The van der Waals surface area contributed by atoms with E-state index in [2.05, 4.69) is 32.1 Å². The molecule has 4 rings (SSSR count). The van der Waals surface area contributed by atoms with E-state index in [0.29, 0.717) is 29.1 Å². The molecule has 4 N–H and O–H groups in total. The van der Waals surface area contributed by atoms with Crippen molar-refractivity contribution in [2.45, 2.75) is 18.1 Å². The second-order valence-electron chi connectivity index (χ2n) is 6.28. The number of benzene rings is 1. The molecule has 1 fully saturated rings. The summed E-state index contributed by atoms with van der Waals surface area (Å²) in [6.45, 7) is 2.62. The van der Waals surface area contributed by atoms with Crippen molar-refractivity contribution in [3.63, 3.8) is 0 Å². The topological polar surface area (TPSA) is 90.0 Å². The number of imidazole rings is 1. The van der Waals surface area contributed by atoms with Gasteiger partial charge in [-0.25, -0.2) is 4.98 Å². The lowest BCUT2D eigenvalue weighted by atomic mass is 10.1. The van der Waals surface area contributed by atoms with Crippen LogP contribution in [0.15, 0.2) is 23.6 Å². The summed E-state index contributed by atoms with van der Waals surface area (Å²) in [5.41, 5.74) is 1.58. The number of aromatic nitrogens is 2. The van der Waals surface area contributed by atoms with Gasteiger partial charge in [0.15, 0.2) is 0 Å². The summed E-state index contributed by atoms with van der Waals surface area (Å²) < 4.78 is 0. The fourth-order valence-corrected chi connectivity index (χ4v) is 4.09. The molecule has 1 amide bonds. The van der Waals surface area contributed by atoms with E-state index in [1.54, 1.807) is 23.9 Å². The number of amides is 1. The SMILES string of the molecule is O=C(NCC1CCNC1)c1ccc(O)c2[nH]c(C3CC=CS3)nc12. The molecule has 0 bridgehead atoms. The zero-order valence-electron chi connectivity index (χ0n) is 13.2. The van der Waals surface area contributed by atoms with E-state index in [1.165, 1.54) is 0 Å². The van der Waals surface area contributed by atoms with Crippen LogP contribution in [-0.2, 0) is 0 Å². The maximum Gasteiger partial charge on any atom is 0.253 e. The Hall–Kier alpha value is -1.99. The van der Waals surface area contributed by atoms with Gasteiger partial charge in [-0.2, -0.15) is 0 Å². The summed E-state index contributed by atoms with van der Waals surface area (Å²) in [5.74, 6) is 1.27. The van der Waals surface area contributed by atoms with E-state index >= 15 is 0 Å². The summed E-state index contributed by atoms with van der Waals surface area (Å²) >= 11 is 1.69. The molecule has 2 atom stereocenters. The third-order valence-electron chi connectivity index (χ3n) is 4.59. The normalized spacial score (nSPS) is 23.2. The van der Waals surface area contributed by atoms with Crippen LogP contribution in [0.5, 0.6) is 5.75 Å². The largest absolute Gasteiger partial charge is 0.506 e. The molecule has 0 saturated carbocycles. The Labute approximate surface area is 144 Å². The maximum absolute atomic E-state index is 12.6. The molecule has 2 unspecified atom stereocenters. The predicted octanol–water partition coefficient (Wildman–Crippen LogP) is 2.30. The number of phenols is 1. The van der Waals surface area contributed by atoms with Crippen LogP contribution in [0, 0.1) is 5.92 Å². The number of nitrogens with one attached hydrogen (secondary N) is 3. The number of aromatic hydroxyl groups is 1. The van der Waals surface area contributed by atoms with Crippen molar-refractivity contribution in [1.29, 1.82) is 0 Å². The molecule has 2 aromatic rings. The quantitative estimate of drug-likeness (QED) is 0.683. The number of allylic oxidation sites excluding steroid dienone is 1. The van der Waals surface area contributed by atoms with E-state index in [1.807, 2.05) is 0 Å². The molecule has 126 valence electrons. The number of rotatable bonds is 4. The number of hydrogen-bond donors (Lipinski definition) is 4. The predicted molar refractivity (Wildman–Crippen MR) is 95.2 cm³/mol. The first-order chi connectivity index (χ1) is 11.7. The Morgan fingerprint density at radius 2 is 2.38 bits per heavy atom. The molecular formula is C17H20N4O2S. The Bertz CT molecular complexity index is 787. The molecule has 1 aromatic heterocycles. The van der Waals surface area contributed by atoms with Gasteiger partial charge in [-0.3, -0.25) is 4.79 Å². The number of hydrogen-bond acceptors (Lipinski definition) is 5. The molecule has 7 heteroatoms. The summed E-state index contributed by atoms with van der Waals surface area (Å²) in [6.07, 6.45) is 4.09. The van der Waals surface area contributed by atoms with Crippen molar-refractivity contribution in [3.05, 3.63) is 35.0 Å². The van der Waals surface area contributed by atoms with E-state index in [9.17, 15) is 9.90 Å². The smallest absolute Gasteiger partial charge is 0.253 e. The number of aromatic amines is 1. The molecule has 1 saturated heterocycles. The number of carbonyl (C=O) groups excluding carboxylic acids is 1. The van der Waals surface area contributed by atoms with Gasteiger partial charge in [0.05, 0.1) is 10.8 Å². The average Bonchev–Trinajstić information content (AvgIpc) is 3.32. The molecule has 24 heavy (non-hydrogen) atoms. The van der Waals surface area contributed by atoms with E-state index in [0.717, 1.165) is 31.8 Å². The van der Waals surface area contributed by atoms with Crippen LogP contribution in [0.2, 0.25) is 0 Å². The number of fused-ring (bicyclic) bond motifs is 1. The fraction of sp³-hybridized carbons (Fsp3) is 0.412. The van der Waals surface area contributed by atoms with Crippen LogP contribution in [-0.4, -0.2) is 40.6 Å². The van der Waals surface area contributed by atoms with Crippen LogP contribution in [0.25, 0.3) is 11.0 Å². The lowest BCUT2D eigenvalue weighted by molar-refractivity contribution is 0.0949. The Balaban J connectivity index is 1.59. The van der Waals surface area contributed by atoms with Gasteiger partial charge in [-0.05, 0) is 49.4 Å². The first-order valence-corrected chi connectivity index (χ1v) is 9.17. The van der Waals surface area contributed by atoms with Crippen LogP contribution in [0.3, 0.4) is 0 Å². The average molecular weight is 344 g/mol. The van der Waals surface area contributed by atoms with Gasteiger partial charge in [-0.15, -0.1) is 11.8 Å². The van der Waals surface area contributed by atoms with Crippen molar-refractivity contribution < 1.29 is 9.90 Å². The van der Waals surface area contributed by atoms with E-state index in [4.69, 9.17) is 0 Å². The van der Waals surface area contributed by atoms with Crippen molar-refractivity contribution in [3.8, 4) is 5.75 Å².